The Labute approximate surface area is 183 Å². The van der Waals surface area contributed by atoms with Crippen LogP contribution in [0.25, 0.3) is 0 Å². The molecule has 1 saturated carbocycles. The Hall–Kier alpha value is -3.25. The summed E-state index contributed by atoms with van der Waals surface area (Å²) in [6.45, 7) is 0.291. The Balaban J connectivity index is 1.70. The summed E-state index contributed by atoms with van der Waals surface area (Å²) >= 11 is 0. The second kappa shape index (κ2) is 8.36. The van der Waals surface area contributed by atoms with Gasteiger partial charge in [-0.25, -0.2) is 4.79 Å². The van der Waals surface area contributed by atoms with Crippen LogP contribution in [-0.2, 0) is 12.7 Å². The minimum Gasteiger partial charge on any atom is -0.497 e. The van der Waals surface area contributed by atoms with E-state index in [4.69, 9.17) is 10.00 Å². The van der Waals surface area contributed by atoms with Crippen LogP contribution in [0.15, 0.2) is 42.5 Å². The van der Waals surface area contributed by atoms with Gasteiger partial charge in [0.15, 0.2) is 0 Å². The number of urea groups is 1. The van der Waals surface area contributed by atoms with Crippen molar-refractivity contribution in [3.63, 3.8) is 0 Å². The van der Waals surface area contributed by atoms with E-state index in [9.17, 15) is 23.1 Å². The van der Waals surface area contributed by atoms with E-state index < -0.39 is 35.5 Å². The van der Waals surface area contributed by atoms with Gasteiger partial charge in [-0.3, -0.25) is 4.90 Å². The third kappa shape index (κ3) is 3.98. The Morgan fingerprint density at radius 2 is 1.88 bits per heavy atom. The maximum atomic E-state index is 13.5. The normalized spacial score (nSPS) is 23.1. The van der Waals surface area contributed by atoms with Gasteiger partial charge in [-0.15, -0.1) is 0 Å². The number of nitrogens with zero attached hydrogens (tertiary/aromatic N) is 3. The first-order chi connectivity index (χ1) is 15.2. The molecule has 3 atom stereocenters. The molecule has 0 bridgehead atoms. The minimum atomic E-state index is -4.72. The van der Waals surface area contributed by atoms with Crippen LogP contribution in [0.4, 0.5) is 23.7 Å². The van der Waals surface area contributed by atoms with Crippen molar-refractivity contribution < 1.29 is 27.8 Å². The van der Waals surface area contributed by atoms with Gasteiger partial charge in [-0.05, 0) is 55.2 Å². The lowest BCUT2D eigenvalue weighted by atomic mass is 9.87. The van der Waals surface area contributed by atoms with Crippen LogP contribution in [0.2, 0.25) is 0 Å². The number of nitriles is 1. The quantitative estimate of drug-likeness (QED) is 0.761. The molecule has 1 aliphatic carbocycles. The predicted octanol–water partition coefficient (Wildman–Crippen LogP) is 4.31. The zero-order valence-corrected chi connectivity index (χ0v) is 17.3. The molecular weight excluding hydrogens is 423 g/mol. The van der Waals surface area contributed by atoms with E-state index in [2.05, 4.69) is 0 Å². The number of carbonyl (C=O) groups excluding carboxylic acids is 1. The standard InChI is InChI=1S/C23H22F3N3O3/c1-32-18-7-2-14(3-8-18)13-28-20-9-6-17(30)11-21(20)29(22(28)31)16-5-4-15(12-27)19(10-16)23(24,25)26/h2-5,7-8,10,17,20-21,30H,6,9,11,13H2,1H3. The fourth-order valence-electron chi connectivity index (χ4n) is 4.60. The Morgan fingerprint density at radius 3 is 2.50 bits per heavy atom. The molecule has 6 nitrogen and oxygen atoms in total. The number of hydrogen-bond acceptors (Lipinski definition) is 4. The van der Waals surface area contributed by atoms with Gasteiger partial charge in [0.1, 0.15) is 5.75 Å². The molecule has 2 amide bonds. The Morgan fingerprint density at radius 1 is 1.16 bits per heavy atom. The molecule has 3 unspecified atom stereocenters. The number of aliphatic hydroxyl groups is 1. The van der Waals surface area contributed by atoms with E-state index in [-0.39, 0.29) is 18.2 Å². The lowest BCUT2D eigenvalue weighted by Crippen LogP contribution is -2.44. The van der Waals surface area contributed by atoms with Crippen LogP contribution in [0, 0.1) is 11.3 Å². The third-order valence-corrected chi connectivity index (χ3v) is 6.16. The summed E-state index contributed by atoms with van der Waals surface area (Å²) in [5.41, 5.74) is -0.639. The number of amides is 2. The molecule has 168 valence electrons. The van der Waals surface area contributed by atoms with Gasteiger partial charge in [-0.2, -0.15) is 18.4 Å². The van der Waals surface area contributed by atoms with Crippen molar-refractivity contribution in [2.75, 3.05) is 12.0 Å². The number of methoxy groups -OCH3 is 1. The van der Waals surface area contributed by atoms with Crippen molar-refractivity contribution in [2.24, 2.45) is 0 Å². The first-order valence-corrected chi connectivity index (χ1v) is 10.2. The summed E-state index contributed by atoms with van der Waals surface area (Å²) in [7, 11) is 1.56. The number of carbonyl (C=O) groups is 1. The highest BCUT2D eigenvalue weighted by Gasteiger charge is 2.49. The maximum Gasteiger partial charge on any atom is 0.417 e. The largest absolute Gasteiger partial charge is 0.497 e. The molecule has 2 fully saturated rings. The third-order valence-electron chi connectivity index (χ3n) is 6.16. The van der Waals surface area contributed by atoms with Gasteiger partial charge in [0.2, 0.25) is 0 Å². The zero-order valence-electron chi connectivity index (χ0n) is 17.3. The lowest BCUT2D eigenvalue weighted by Gasteiger charge is -2.34. The van der Waals surface area contributed by atoms with E-state index in [1.54, 1.807) is 30.2 Å². The second-order valence-electron chi connectivity index (χ2n) is 8.07. The molecule has 9 heteroatoms. The lowest BCUT2D eigenvalue weighted by molar-refractivity contribution is -0.137. The fraction of sp³-hybridized carbons (Fsp3) is 0.391. The number of fused-ring (bicyclic) bond motifs is 1. The van der Waals surface area contributed by atoms with Gasteiger partial charge in [0.25, 0.3) is 0 Å². The molecule has 0 aromatic heterocycles. The number of aliphatic hydroxyl groups excluding tert-OH is 1. The van der Waals surface area contributed by atoms with Gasteiger partial charge in [-0.1, -0.05) is 12.1 Å². The van der Waals surface area contributed by atoms with Gasteiger partial charge >= 0.3 is 12.2 Å². The van der Waals surface area contributed by atoms with Crippen LogP contribution in [0.5, 0.6) is 5.75 Å². The van der Waals surface area contributed by atoms with Crippen molar-refractivity contribution in [1.82, 2.24) is 4.90 Å². The van der Waals surface area contributed by atoms with Crippen LogP contribution < -0.4 is 9.64 Å². The summed E-state index contributed by atoms with van der Waals surface area (Å²) in [5, 5.41) is 19.3. The fourth-order valence-corrected chi connectivity index (χ4v) is 4.60. The number of alkyl halides is 3. The van der Waals surface area contributed by atoms with Crippen molar-refractivity contribution in [3.8, 4) is 11.8 Å². The van der Waals surface area contributed by atoms with Crippen LogP contribution in [0.1, 0.15) is 36.0 Å². The average Bonchev–Trinajstić information content (AvgIpc) is 3.03. The van der Waals surface area contributed by atoms with E-state index in [0.717, 1.165) is 17.7 Å². The van der Waals surface area contributed by atoms with Crippen molar-refractivity contribution in [1.29, 1.82) is 5.26 Å². The Bertz CT molecular complexity index is 1050. The summed E-state index contributed by atoms with van der Waals surface area (Å²) in [4.78, 5) is 16.4. The van der Waals surface area contributed by atoms with Crippen LogP contribution >= 0.6 is 0 Å². The van der Waals surface area contributed by atoms with Gasteiger partial charge < -0.3 is 14.7 Å². The average molecular weight is 445 g/mol. The van der Waals surface area contributed by atoms with E-state index in [0.29, 0.717) is 25.1 Å². The number of benzene rings is 2. The molecule has 1 aliphatic heterocycles. The molecule has 0 radical (unpaired) electrons. The molecule has 1 saturated heterocycles. The number of hydrogen-bond donors (Lipinski definition) is 1. The number of anilines is 1. The zero-order chi connectivity index (χ0) is 23.0. The molecule has 1 N–H and O–H groups in total. The maximum absolute atomic E-state index is 13.5. The first kappa shape index (κ1) is 22.0. The number of ether oxygens (including phenoxy) is 1. The molecule has 1 heterocycles. The van der Waals surface area contributed by atoms with E-state index >= 15 is 0 Å². The number of rotatable bonds is 4. The van der Waals surface area contributed by atoms with Gasteiger partial charge in [0, 0.05) is 12.2 Å². The van der Waals surface area contributed by atoms with E-state index in [1.165, 1.54) is 11.0 Å². The smallest absolute Gasteiger partial charge is 0.417 e. The van der Waals surface area contributed by atoms with Crippen LogP contribution in [0.3, 0.4) is 0 Å². The summed E-state index contributed by atoms with van der Waals surface area (Å²) < 4.78 is 45.7. The summed E-state index contributed by atoms with van der Waals surface area (Å²) in [6, 6.07) is 11.0. The van der Waals surface area contributed by atoms with Crippen molar-refractivity contribution >= 4 is 11.7 Å². The highest BCUT2D eigenvalue weighted by molar-refractivity contribution is 5.96. The molecule has 0 spiro atoms. The highest BCUT2D eigenvalue weighted by Crippen LogP contribution is 2.41. The molecule has 2 aromatic rings. The highest BCUT2D eigenvalue weighted by atomic mass is 19.4. The van der Waals surface area contributed by atoms with Crippen molar-refractivity contribution in [2.45, 2.75) is 50.2 Å². The molecular formula is C23H22F3N3O3. The summed E-state index contributed by atoms with van der Waals surface area (Å²) in [5.74, 6) is 0.680. The monoisotopic (exact) mass is 445 g/mol. The molecule has 32 heavy (non-hydrogen) atoms. The van der Waals surface area contributed by atoms with Crippen LogP contribution in [-0.4, -0.2) is 41.3 Å². The molecule has 2 aromatic carbocycles. The Kier molecular flexibility index (Phi) is 5.73. The second-order valence-corrected chi connectivity index (χ2v) is 8.07. The summed E-state index contributed by atoms with van der Waals surface area (Å²) in [6.07, 6.45) is -4.02. The SMILES string of the molecule is COc1ccc(CN2C(=O)N(c3ccc(C#N)c(C(F)(F)F)c3)C3CC(O)CCC32)cc1. The topological polar surface area (TPSA) is 76.8 Å². The van der Waals surface area contributed by atoms with Gasteiger partial charge in [0.05, 0.1) is 42.5 Å². The predicted molar refractivity (Wildman–Crippen MR) is 110 cm³/mol. The molecule has 2 aliphatic rings. The first-order valence-electron chi connectivity index (χ1n) is 10.2. The molecule has 4 rings (SSSR count). The van der Waals surface area contributed by atoms with Crippen molar-refractivity contribution in [3.05, 3.63) is 59.2 Å². The van der Waals surface area contributed by atoms with E-state index in [1.807, 2.05) is 12.1 Å². The number of halogens is 3. The minimum absolute atomic E-state index is 0.0719.